The van der Waals surface area contributed by atoms with Crippen LogP contribution in [0.3, 0.4) is 0 Å². The molecular weight excluding hydrogens is 444 g/mol. The highest BCUT2D eigenvalue weighted by Crippen LogP contribution is 2.30. The summed E-state index contributed by atoms with van der Waals surface area (Å²) in [4.78, 5) is 62.0. The molecular formula is C24H16N2O8. The molecule has 1 heterocycles. The quantitative estimate of drug-likeness (QED) is 0.475. The van der Waals surface area contributed by atoms with E-state index in [2.05, 4.69) is 5.32 Å². The van der Waals surface area contributed by atoms with Gasteiger partial charge in [0, 0.05) is 11.3 Å². The second kappa shape index (κ2) is 8.51. The molecule has 170 valence electrons. The number of carbonyl (C=O) groups is 5. The number of hydrogen-bond donors (Lipinski definition) is 3. The van der Waals surface area contributed by atoms with Gasteiger partial charge in [0.05, 0.1) is 35.1 Å². The lowest BCUT2D eigenvalue weighted by molar-refractivity contribution is 0.0695. The molecule has 0 radical (unpaired) electrons. The number of rotatable bonds is 6. The lowest BCUT2D eigenvalue weighted by atomic mass is 10.0. The van der Waals surface area contributed by atoms with Gasteiger partial charge in [-0.15, -0.1) is 0 Å². The van der Waals surface area contributed by atoms with Crippen molar-refractivity contribution in [2.75, 3.05) is 17.3 Å². The van der Waals surface area contributed by atoms with Gasteiger partial charge in [-0.2, -0.15) is 0 Å². The van der Waals surface area contributed by atoms with Crippen LogP contribution in [0.5, 0.6) is 5.75 Å². The van der Waals surface area contributed by atoms with Crippen molar-refractivity contribution in [1.82, 2.24) is 0 Å². The van der Waals surface area contributed by atoms with E-state index in [0.29, 0.717) is 11.4 Å². The van der Waals surface area contributed by atoms with E-state index < -0.39 is 29.7 Å². The first kappa shape index (κ1) is 22.2. The van der Waals surface area contributed by atoms with E-state index in [1.165, 1.54) is 25.3 Å². The molecule has 4 rings (SSSR count). The zero-order valence-electron chi connectivity index (χ0n) is 17.6. The monoisotopic (exact) mass is 460 g/mol. The molecule has 10 heteroatoms. The second-order valence-corrected chi connectivity index (χ2v) is 7.27. The van der Waals surface area contributed by atoms with Gasteiger partial charge in [0.15, 0.2) is 0 Å². The van der Waals surface area contributed by atoms with Gasteiger partial charge in [0.25, 0.3) is 17.7 Å². The maximum atomic E-state index is 12.9. The molecule has 0 unspecified atom stereocenters. The summed E-state index contributed by atoms with van der Waals surface area (Å²) in [5, 5.41) is 20.8. The summed E-state index contributed by atoms with van der Waals surface area (Å²) in [5.74, 6) is -4.04. The molecule has 3 N–H and O–H groups in total. The molecule has 0 saturated carbocycles. The molecule has 0 spiro atoms. The SMILES string of the molecule is COc1ccc(N2C(=O)c3ccc(C(=O)Nc4cc(C(=O)O)cc(C(=O)O)c4)cc3C2=O)cc1. The lowest BCUT2D eigenvalue weighted by Gasteiger charge is -2.14. The van der Waals surface area contributed by atoms with Gasteiger partial charge in [-0.25, -0.2) is 14.5 Å². The molecule has 1 aliphatic rings. The van der Waals surface area contributed by atoms with Crippen molar-refractivity contribution < 1.29 is 38.9 Å². The van der Waals surface area contributed by atoms with Crippen molar-refractivity contribution in [3.63, 3.8) is 0 Å². The van der Waals surface area contributed by atoms with Gasteiger partial charge < -0.3 is 20.3 Å². The Hall–Kier alpha value is -4.99. The number of nitrogens with one attached hydrogen (secondary N) is 1. The number of fused-ring (bicyclic) bond motifs is 1. The van der Waals surface area contributed by atoms with Gasteiger partial charge in [-0.1, -0.05) is 0 Å². The normalized spacial score (nSPS) is 12.3. The number of imide groups is 1. The fraction of sp³-hybridized carbons (Fsp3) is 0.0417. The summed E-state index contributed by atoms with van der Waals surface area (Å²) in [7, 11) is 1.49. The Labute approximate surface area is 192 Å². The van der Waals surface area contributed by atoms with Crippen molar-refractivity contribution >= 4 is 41.0 Å². The van der Waals surface area contributed by atoms with Crippen LogP contribution < -0.4 is 15.0 Å². The summed E-state index contributed by atoms with van der Waals surface area (Å²) in [6, 6.07) is 13.5. The van der Waals surface area contributed by atoms with Gasteiger partial charge >= 0.3 is 11.9 Å². The number of ether oxygens (including phenoxy) is 1. The number of anilines is 2. The van der Waals surface area contributed by atoms with Crippen LogP contribution in [0.4, 0.5) is 11.4 Å². The van der Waals surface area contributed by atoms with Crippen molar-refractivity contribution in [2.45, 2.75) is 0 Å². The van der Waals surface area contributed by atoms with E-state index in [0.717, 1.165) is 23.1 Å². The molecule has 3 amide bonds. The largest absolute Gasteiger partial charge is 0.497 e. The first-order valence-electron chi connectivity index (χ1n) is 9.79. The fourth-order valence-electron chi connectivity index (χ4n) is 3.50. The van der Waals surface area contributed by atoms with E-state index >= 15 is 0 Å². The number of aromatic carboxylic acids is 2. The van der Waals surface area contributed by atoms with Gasteiger partial charge in [0.2, 0.25) is 0 Å². The van der Waals surface area contributed by atoms with Crippen LogP contribution in [-0.4, -0.2) is 47.0 Å². The molecule has 0 saturated heterocycles. The Balaban J connectivity index is 1.62. The standard InChI is InChI=1S/C24H16N2O8/c1-34-17-5-3-16(4-6-17)26-21(28)18-7-2-12(11-19(18)22(26)29)20(27)25-15-9-13(23(30)31)8-14(10-15)24(32)33/h2-11H,1H3,(H,25,27)(H,30,31)(H,32,33). The Kier molecular flexibility index (Phi) is 5.56. The molecule has 0 aromatic heterocycles. The summed E-state index contributed by atoms with van der Waals surface area (Å²) in [5.41, 5.74) is -0.179. The van der Waals surface area contributed by atoms with Crippen LogP contribution in [0, 0.1) is 0 Å². The molecule has 0 aliphatic carbocycles. The molecule has 3 aromatic rings. The first-order valence-corrected chi connectivity index (χ1v) is 9.79. The van der Waals surface area contributed by atoms with Crippen LogP contribution >= 0.6 is 0 Å². The molecule has 0 fully saturated rings. The summed E-state index contributed by atoms with van der Waals surface area (Å²) in [6.45, 7) is 0. The highest BCUT2D eigenvalue weighted by Gasteiger charge is 2.37. The maximum Gasteiger partial charge on any atom is 0.335 e. The number of amides is 3. The van der Waals surface area contributed by atoms with Crippen molar-refractivity contribution in [3.05, 3.63) is 88.5 Å². The average Bonchev–Trinajstić information content (AvgIpc) is 3.08. The Bertz CT molecular complexity index is 1350. The minimum atomic E-state index is -1.36. The van der Waals surface area contributed by atoms with Crippen LogP contribution in [0.2, 0.25) is 0 Å². The highest BCUT2D eigenvalue weighted by atomic mass is 16.5. The number of methoxy groups -OCH3 is 1. The molecule has 0 bridgehead atoms. The maximum absolute atomic E-state index is 12.9. The Morgan fingerprint density at radius 2 is 1.35 bits per heavy atom. The average molecular weight is 460 g/mol. The van der Waals surface area contributed by atoms with Crippen LogP contribution in [-0.2, 0) is 0 Å². The summed E-state index contributed by atoms with van der Waals surface area (Å²) < 4.78 is 5.08. The highest BCUT2D eigenvalue weighted by molar-refractivity contribution is 6.34. The van der Waals surface area contributed by atoms with Gasteiger partial charge in [-0.05, 0) is 60.7 Å². The lowest BCUT2D eigenvalue weighted by Crippen LogP contribution is -2.29. The molecule has 1 aliphatic heterocycles. The van der Waals surface area contributed by atoms with Crippen LogP contribution in [0.25, 0.3) is 0 Å². The Morgan fingerprint density at radius 1 is 0.765 bits per heavy atom. The van der Waals surface area contributed by atoms with Crippen LogP contribution in [0.15, 0.2) is 60.7 Å². The predicted molar refractivity (Wildman–Crippen MR) is 119 cm³/mol. The number of carbonyl (C=O) groups excluding carboxylic acids is 3. The predicted octanol–water partition coefficient (Wildman–Crippen LogP) is 3.14. The number of nitrogens with zero attached hydrogens (tertiary/aromatic N) is 1. The first-order chi connectivity index (χ1) is 16.2. The number of carboxylic acid groups (broad SMARTS) is 2. The molecule has 10 nitrogen and oxygen atoms in total. The summed E-state index contributed by atoms with van der Waals surface area (Å²) in [6.07, 6.45) is 0. The number of hydrogen-bond acceptors (Lipinski definition) is 6. The third-order valence-corrected chi connectivity index (χ3v) is 5.16. The Morgan fingerprint density at radius 3 is 1.91 bits per heavy atom. The van der Waals surface area contributed by atoms with E-state index in [1.54, 1.807) is 24.3 Å². The topological polar surface area (TPSA) is 150 Å². The second-order valence-electron chi connectivity index (χ2n) is 7.27. The van der Waals surface area contributed by atoms with E-state index in [4.69, 9.17) is 4.74 Å². The van der Waals surface area contributed by atoms with Gasteiger partial charge in [-0.3, -0.25) is 14.4 Å². The number of carboxylic acids is 2. The third-order valence-electron chi connectivity index (χ3n) is 5.16. The number of benzene rings is 3. The van der Waals surface area contributed by atoms with E-state index in [-0.39, 0.29) is 33.5 Å². The minimum Gasteiger partial charge on any atom is -0.497 e. The van der Waals surface area contributed by atoms with Crippen LogP contribution in [0.1, 0.15) is 51.8 Å². The summed E-state index contributed by atoms with van der Waals surface area (Å²) >= 11 is 0. The molecule has 34 heavy (non-hydrogen) atoms. The zero-order valence-corrected chi connectivity index (χ0v) is 17.6. The molecule has 0 atom stereocenters. The van der Waals surface area contributed by atoms with Crippen molar-refractivity contribution in [3.8, 4) is 5.75 Å². The van der Waals surface area contributed by atoms with Crippen molar-refractivity contribution in [1.29, 1.82) is 0 Å². The van der Waals surface area contributed by atoms with E-state index in [1.807, 2.05) is 0 Å². The smallest absolute Gasteiger partial charge is 0.335 e. The van der Waals surface area contributed by atoms with Crippen molar-refractivity contribution in [2.24, 2.45) is 0 Å². The third kappa shape index (κ3) is 3.95. The zero-order chi connectivity index (χ0) is 24.6. The molecule has 3 aromatic carbocycles. The van der Waals surface area contributed by atoms with E-state index in [9.17, 15) is 34.2 Å². The minimum absolute atomic E-state index is 0.0223. The fourth-order valence-corrected chi connectivity index (χ4v) is 3.50. The van der Waals surface area contributed by atoms with Gasteiger partial charge in [0.1, 0.15) is 5.75 Å².